The highest BCUT2D eigenvalue weighted by atomic mass is 32.2. The van der Waals surface area contributed by atoms with Gasteiger partial charge in [-0.2, -0.15) is 29.0 Å². The van der Waals surface area contributed by atoms with Gasteiger partial charge in [0.25, 0.3) is 0 Å². The predicted octanol–water partition coefficient (Wildman–Crippen LogP) is 18.2. The number of nitrogens with one attached hydrogen (secondary N) is 4. The van der Waals surface area contributed by atoms with Gasteiger partial charge in [-0.3, -0.25) is 30.2 Å². The van der Waals surface area contributed by atoms with E-state index < -0.39 is 24.8 Å². The summed E-state index contributed by atoms with van der Waals surface area (Å²) in [5, 5.41) is 32.7. The lowest BCUT2D eigenvalue weighted by molar-refractivity contribution is 0.146. The molecule has 20 nitrogen and oxygen atoms in total. The molecule has 4 unspecified atom stereocenters. The van der Waals surface area contributed by atoms with Crippen LogP contribution in [0.3, 0.4) is 0 Å². The van der Waals surface area contributed by atoms with Crippen LogP contribution in [0, 0.1) is 23.7 Å². The maximum Gasteiger partial charge on any atom is 0.219 e. The summed E-state index contributed by atoms with van der Waals surface area (Å²) in [6, 6.07) is 57.7. The molecule has 4 aliphatic heterocycles. The summed E-state index contributed by atoms with van der Waals surface area (Å²) in [4.78, 5) is 5.49. The zero-order chi connectivity index (χ0) is 79.4. The Morgan fingerprint density at radius 3 is 1.16 bits per heavy atom. The molecule has 8 aromatic heterocycles. The topological polar surface area (TPSA) is 216 Å². The third-order valence-electron chi connectivity index (χ3n) is 25.1. The van der Waals surface area contributed by atoms with Crippen LogP contribution in [-0.4, -0.2) is 162 Å². The molecule has 600 valence electrons. The van der Waals surface area contributed by atoms with Crippen LogP contribution in [0.2, 0.25) is 0 Å². The monoisotopic (exact) mass is 1580 g/mol. The van der Waals surface area contributed by atoms with Gasteiger partial charge in [0.1, 0.15) is 0 Å². The molecule has 4 N–H and O–H groups in total. The standard InChI is InChI=1S/C25H28N4.C24H26N4O2S.C23H30N4.C21H28N4O2S/c1-19-13-21(17-28(19)11-9-20-5-3-2-4-6-20)18-29-12-10-23-14-22(7-8-25(23)29)24-15-26-27-16-24;1-18-11-20(16-28(18)31(29,30)17-19-5-3-2-4-6-19)15-27-10-9-22-12-21(7-8-24(22)27)23-13-25-26-14-23;1-17-11-18(16-27(17)22-5-3-2-4-6-22)15-26-10-9-20-12-19(7-8-23(20)26)21-13-24-25-14-21;1-15-9-16(14-25(15)28(26,27)21(2,3)4)13-24-8-7-18-10-17(5-6-20(18)24)19-11-22-23-12-19/h2-8,10,12,14-16,19,21H,9,11,13,17-18H2,1H3,(H,26,27);2-10,12-14,18,20H,11,15-17H2,1H3,(H,25,26);7-10,12-14,17-18,22H,2-6,11,15-16H2,1H3,(H,24,25);5-8,10-12,15-16H,9,13-14H2,1-4H3,(H,22,23)/t19-,21?;18-,20?;17-,18?;15-,16?/m0000/s1. The summed E-state index contributed by atoms with van der Waals surface area (Å²) in [5.74, 6) is 2.16. The van der Waals surface area contributed by atoms with Crippen molar-refractivity contribution < 1.29 is 16.8 Å². The minimum absolute atomic E-state index is 0.0215. The van der Waals surface area contributed by atoms with Gasteiger partial charge < -0.3 is 18.3 Å². The van der Waals surface area contributed by atoms with Gasteiger partial charge in [-0.1, -0.05) is 104 Å². The van der Waals surface area contributed by atoms with Crippen LogP contribution in [0.25, 0.3) is 88.1 Å². The number of sulfonamides is 2. The Kier molecular flexibility index (Phi) is 23.7. The summed E-state index contributed by atoms with van der Waals surface area (Å²) in [6.45, 7) is 22.9. The maximum absolute atomic E-state index is 13.0. The molecule has 0 amide bonds. The number of aromatic amines is 4. The molecule has 19 rings (SSSR count). The number of fused-ring (bicyclic) bond motifs is 4. The summed E-state index contributed by atoms with van der Waals surface area (Å²) in [6.07, 6.45) is 36.5. The Morgan fingerprint density at radius 1 is 0.391 bits per heavy atom. The number of hydrogen-bond donors (Lipinski definition) is 4. The summed E-state index contributed by atoms with van der Waals surface area (Å²) in [7, 11) is -6.63. The van der Waals surface area contributed by atoms with Gasteiger partial charge in [0.2, 0.25) is 20.0 Å². The van der Waals surface area contributed by atoms with Crippen LogP contribution < -0.4 is 0 Å². The van der Waals surface area contributed by atoms with Crippen molar-refractivity contribution in [2.75, 3.05) is 32.7 Å². The van der Waals surface area contributed by atoms with E-state index in [1.54, 1.807) is 29.4 Å². The fourth-order valence-electron chi connectivity index (χ4n) is 19.1. The highest BCUT2D eigenvalue weighted by Gasteiger charge is 2.44. The van der Waals surface area contributed by atoms with Gasteiger partial charge >= 0.3 is 0 Å². The normalized spacial score (nSPS) is 21.5. The molecule has 1 aliphatic carbocycles. The molecule has 115 heavy (non-hydrogen) atoms. The molecule has 0 radical (unpaired) electrons. The van der Waals surface area contributed by atoms with E-state index in [-0.39, 0.29) is 17.8 Å². The van der Waals surface area contributed by atoms with Crippen LogP contribution in [-0.2, 0) is 58.4 Å². The molecular weight excluding hydrogens is 1470 g/mol. The Morgan fingerprint density at radius 2 is 0.757 bits per heavy atom. The Balaban J connectivity index is 0.000000115. The number of hydrogen-bond acceptors (Lipinski definition) is 10. The van der Waals surface area contributed by atoms with Gasteiger partial charge in [0.15, 0.2) is 0 Å². The number of aromatic nitrogens is 12. The smallest absolute Gasteiger partial charge is 0.219 e. The van der Waals surface area contributed by atoms with E-state index in [9.17, 15) is 16.8 Å². The van der Waals surface area contributed by atoms with E-state index >= 15 is 0 Å². The first-order chi connectivity index (χ1) is 55.7. The average Bonchev–Trinajstić information content (AvgIpc) is 1.72. The highest BCUT2D eigenvalue weighted by Crippen LogP contribution is 2.38. The first-order valence-corrected chi connectivity index (χ1v) is 44.7. The lowest BCUT2D eigenvalue weighted by Crippen LogP contribution is -2.44. The summed E-state index contributed by atoms with van der Waals surface area (Å²) < 4.78 is 63.9. The van der Waals surface area contributed by atoms with Crippen molar-refractivity contribution in [3.05, 3.63) is 243 Å². The molecule has 0 spiro atoms. The molecule has 12 heterocycles. The number of rotatable bonds is 20. The second-order valence-electron chi connectivity index (χ2n) is 34.4. The minimum atomic E-state index is -3.33. The molecule has 22 heteroatoms. The van der Waals surface area contributed by atoms with E-state index in [2.05, 4.69) is 235 Å². The predicted molar refractivity (Wildman–Crippen MR) is 465 cm³/mol. The lowest BCUT2D eigenvalue weighted by atomic mass is 9.94. The van der Waals surface area contributed by atoms with E-state index in [1.165, 1.54) is 118 Å². The maximum atomic E-state index is 13.0. The van der Waals surface area contributed by atoms with Crippen LogP contribution in [0.15, 0.2) is 232 Å². The molecule has 5 aliphatic rings. The van der Waals surface area contributed by atoms with E-state index in [1.807, 2.05) is 93.8 Å². The molecular formula is C93H112N16O4S2. The fraction of sp³-hybridized carbons (Fsp3) is 0.398. The second kappa shape index (κ2) is 34.5. The highest BCUT2D eigenvalue weighted by molar-refractivity contribution is 7.90. The van der Waals surface area contributed by atoms with Crippen LogP contribution in [0.5, 0.6) is 0 Å². The Labute approximate surface area is 677 Å². The van der Waals surface area contributed by atoms with Crippen molar-refractivity contribution in [3.8, 4) is 44.5 Å². The molecule has 5 fully saturated rings. The van der Waals surface area contributed by atoms with Gasteiger partial charge in [-0.15, -0.1) is 0 Å². The fourth-order valence-corrected chi connectivity index (χ4v) is 22.7. The first-order valence-electron chi connectivity index (χ1n) is 41.6. The van der Waals surface area contributed by atoms with Crippen molar-refractivity contribution in [2.45, 2.75) is 180 Å². The Bertz CT molecular complexity index is 5720. The van der Waals surface area contributed by atoms with Gasteiger partial charge in [-0.25, -0.2) is 16.8 Å². The Hall–Kier alpha value is -9.94. The van der Waals surface area contributed by atoms with Crippen molar-refractivity contribution in [1.82, 2.24) is 77.5 Å². The second-order valence-corrected chi connectivity index (χ2v) is 39.0. The average molecular weight is 1580 g/mol. The number of benzene rings is 6. The number of H-pyrrole nitrogens is 4. The van der Waals surface area contributed by atoms with Gasteiger partial charge in [0.05, 0.1) is 35.3 Å². The largest absolute Gasteiger partial charge is 0.347 e. The number of nitrogens with zero attached hydrogens (tertiary/aromatic N) is 12. The number of likely N-dealkylation sites (tertiary alicyclic amines) is 2. The van der Waals surface area contributed by atoms with E-state index in [0.29, 0.717) is 36.9 Å². The van der Waals surface area contributed by atoms with Gasteiger partial charge in [-0.05, 0) is 223 Å². The van der Waals surface area contributed by atoms with E-state index in [4.69, 9.17) is 0 Å². The zero-order valence-corrected chi connectivity index (χ0v) is 69.2. The SMILES string of the molecule is C[C@H]1CC(Cn2ccc3cc(-c4cn[nH]c4)ccc32)CN1C1CCCCC1.C[C@H]1CC(Cn2ccc3cc(-c4cn[nH]c4)ccc32)CN1CCc1ccccc1.C[C@H]1CC(Cn2ccc3cc(-c4cn[nH]c4)ccc32)CN1S(=O)(=O)C(C)(C)C.C[C@H]1CC(Cn2ccc3cc(-c4cn[nH]c4)ccc32)CN1S(=O)(=O)Cc1ccccc1. The van der Waals surface area contributed by atoms with Crippen molar-refractivity contribution in [1.29, 1.82) is 0 Å². The van der Waals surface area contributed by atoms with Crippen LogP contribution in [0.1, 0.15) is 117 Å². The van der Waals surface area contributed by atoms with Crippen LogP contribution in [0.4, 0.5) is 0 Å². The van der Waals surface area contributed by atoms with Gasteiger partial charge in [0, 0.05) is 205 Å². The summed E-state index contributed by atoms with van der Waals surface area (Å²) >= 11 is 0. The third kappa shape index (κ3) is 18.0. The molecule has 6 aromatic carbocycles. The molecule has 0 bridgehead atoms. The third-order valence-corrected chi connectivity index (χ3v) is 29.7. The molecule has 14 aromatic rings. The quantitative estimate of drug-likeness (QED) is 0.0566. The van der Waals surface area contributed by atoms with Crippen molar-refractivity contribution in [3.63, 3.8) is 0 Å². The zero-order valence-electron chi connectivity index (χ0n) is 67.6. The molecule has 8 atom stereocenters. The van der Waals surface area contributed by atoms with Crippen molar-refractivity contribution in [2.24, 2.45) is 23.7 Å². The lowest BCUT2D eigenvalue weighted by Gasteiger charge is -2.34. The van der Waals surface area contributed by atoms with E-state index in [0.717, 1.165) is 109 Å². The minimum Gasteiger partial charge on any atom is -0.347 e. The molecule has 4 saturated heterocycles. The van der Waals surface area contributed by atoms with Crippen LogP contribution >= 0.6 is 0 Å². The summed E-state index contributed by atoms with van der Waals surface area (Å²) in [5.41, 5.74) is 16.4. The first kappa shape index (κ1) is 78.9. The van der Waals surface area contributed by atoms with Crippen molar-refractivity contribution >= 4 is 63.7 Å². The molecule has 1 saturated carbocycles.